The third kappa shape index (κ3) is 20.7. The standard InChI is InChI=1S/C35H67NO4/c1-6-8-10-12-13-16-20-25-32(39-34(37)27-22-28-36(4)5)26-21-17-14-15-18-23-30(3)35(38)40-33-29-31(33)24-19-11-9-7-2/h30-33H,6-29H2,1-5H3. The molecule has 40 heavy (non-hydrogen) atoms. The Kier molecular flexibility index (Phi) is 22.6. The Bertz CT molecular complexity index is 623. The van der Waals surface area contributed by atoms with Gasteiger partial charge in [0.15, 0.2) is 0 Å². The van der Waals surface area contributed by atoms with Gasteiger partial charge in [-0.3, -0.25) is 9.59 Å². The minimum Gasteiger partial charge on any atom is -0.462 e. The van der Waals surface area contributed by atoms with Gasteiger partial charge in [-0.25, -0.2) is 0 Å². The number of carbonyl (C=O) groups is 2. The average molecular weight is 566 g/mol. The maximum absolute atomic E-state index is 12.5. The predicted molar refractivity (Wildman–Crippen MR) is 169 cm³/mol. The summed E-state index contributed by atoms with van der Waals surface area (Å²) in [5.41, 5.74) is 0. The third-order valence-corrected chi connectivity index (χ3v) is 8.53. The van der Waals surface area contributed by atoms with Crippen LogP contribution in [0.4, 0.5) is 0 Å². The molecule has 0 N–H and O–H groups in total. The SMILES string of the molecule is CCCCCCCCCC(CCCCCCCC(C)C(=O)OC1CC1CCCCCC)OC(=O)CCCN(C)C. The van der Waals surface area contributed by atoms with Crippen molar-refractivity contribution in [1.82, 2.24) is 4.90 Å². The van der Waals surface area contributed by atoms with Gasteiger partial charge < -0.3 is 14.4 Å². The maximum atomic E-state index is 12.5. The largest absolute Gasteiger partial charge is 0.462 e. The van der Waals surface area contributed by atoms with E-state index in [4.69, 9.17) is 9.47 Å². The normalized spacial score (nSPS) is 18.1. The molecule has 0 heterocycles. The number of ether oxygens (including phenoxy) is 2. The van der Waals surface area contributed by atoms with Crippen molar-refractivity contribution in [1.29, 1.82) is 0 Å². The van der Waals surface area contributed by atoms with Gasteiger partial charge in [-0.15, -0.1) is 0 Å². The maximum Gasteiger partial charge on any atom is 0.308 e. The van der Waals surface area contributed by atoms with Crippen LogP contribution in [0, 0.1) is 11.8 Å². The monoisotopic (exact) mass is 566 g/mol. The highest BCUT2D eigenvalue weighted by Gasteiger charge is 2.40. The zero-order chi connectivity index (χ0) is 29.4. The number of hydrogen-bond acceptors (Lipinski definition) is 5. The van der Waals surface area contributed by atoms with Crippen LogP contribution in [-0.4, -0.2) is 49.7 Å². The summed E-state index contributed by atoms with van der Waals surface area (Å²) in [6.07, 6.45) is 26.8. The molecule has 236 valence electrons. The molecule has 1 aliphatic rings. The fourth-order valence-electron chi connectivity index (χ4n) is 5.61. The summed E-state index contributed by atoms with van der Waals surface area (Å²) in [4.78, 5) is 27.0. The Labute approximate surface area is 248 Å². The lowest BCUT2D eigenvalue weighted by atomic mass is 10.00. The summed E-state index contributed by atoms with van der Waals surface area (Å²) in [5, 5.41) is 0. The molecule has 0 amide bonds. The third-order valence-electron chi connectivity index (χ3n) is 8.53. The molecule has 1 saturated carbocycles. The molecule has 0 radical (unpaired) electrons. The smallest absolute Gasteiger partial charge is 0.308 e. The van der Waals surface area contributed by atoms with Crippen LogP contribution in [0.15, 0.2) is 0 Å². The van der Waals surface area contributed by atoms with Gasteiger partial charge in [0.2, 0.25) is 0 Å². The molecule has 0 bridgehead atoms. The second-order valence-corrected chi connectivity index (χ2v) is 13.0. The number of hydrogen-bond donors (Lipinski definition) is 0. The Morgan fingerprint density at radius 2 is 1.25 bits per heavy atom. The molecule has 4 unspecified atom stereocenters. The van der Waals surface area contributed by atoms with Gasteiger partial charge in [-0.1, -0.05) is 111 Å². The predicted octanol–water partition coefficient (Wildman–Crippen LogP) is 9.65. The Morgan fingerprint density at radius 3 is 1.82 bits per heavy atom. The molecule has 0 aliphatic heterocycles. The Balaban J connectivity index is 2.17. The van der Waals surface area contributed by atoms with Gasteiger partial charge in [0.25, 0.3) is 0 Å². The first kappa shape index (κ1) is 36.9. The van der Waals surface area contributed by atoms with Crippen molar-refractivity contribution in [2.75, 3.05) is 20.6 Å². The highest BCUT2D eigenvalue weighted by molar-refractivity contribution is 5.72. The van der Waals surface area contributed by atoms with Crippen LogP contribution in [-0.2, 0) is 19.1 Å². The molecule has 0 aromatic rings. The van der Waals surface area contributed by atoms with E-state index >= 15 is 0 Å². The molecule has 5 heteroatoms. The lowest BCUT2D eigenvalue weighted by molar-refractivity contribution is -0.151. The van der Waals surface area contributed by atoms with Crippen LogP contribution in [0.5, 0.6) is 0 Å². The van der Waals surface area contributed by atoms with Gasteiger partial charge in [-0.05, 0) is 77.9 Å². The lowest BCUT2D eigenvalue weighted by Crippen LogP contribution is -2.20. The van der Waals surface area contributed by atoms with E-state index in [1.807, 2.05) is 21.0 Å². The van der Waals surface area contributed by atoms with Crippen molar-refractivity contribution in [3.05, 3.63) is 0 Å². The van der Waals surface area contributed by atoms with E-state index in [0.29, 0.717) is 12.3 Å². The van der Waals surface area contributed by atoms with Crippen LogP contribution in [0.2, 0.25) is 0 Å². The number of nitrogens with zero attached hydrogens (tertiary/aromatic N) is 1. The van der Waals surface area contributed by atoms with E-state index in [-0.39, 0.29) is 30.1 Å². The Morgan fingerprint density at radius 1 is 0.725 bits per heavy atom. The van der Waals surface area contributed by atoms with Crippen molar-refractivity contribution in [2.45, 2.75) is 181 Å². The molecule has 0 saturated heterocycles. The van der Waals surface area contributed by atoms with Crippen molar-refractivity contribution >= 4 is 11.9 Å². The zero-order valence-corrected chi connectivity index (χ0v) is 27.4. The van der Waals surface area contributed by atoms with E-state index in [9.17, 15) is 9.59 Å². The highest BCUT2D eigenvalue weighted by Crippen LogP contribution is 2.39. The van der Waals surface area contributed by atoms with Crippen molar-refractivity contribution in [3.8, 4) is 0 Å². The van der Waals surface area contributed by atoms with Crippen molar-refractivity contribution < 1.29 is 19.1 Å². The number of esters is 2. The van der Waals surface area contributed by atoms with E-state index < -0.39 is 0 Å². The second kappa shape index (κ2) is 24.5. The molecule has 4 atom stereocenters. The minimum atomic E-state index is -0.0234. The average Bonchev–Trinajstić information content (AvgIpc) is 3.66. The highest BCUT2D eigenvalue weighted by atomic mass is 16.6. The van der Waals surface area contributed by atoms with E-state index in [0.717, 1.165) is 64.3 Å². The van der Waals surface area contributed by atoms with Gasteiger partial charge in [0.05, 0.1) is 5.92 Å². The first-order chi connectivity index (χ1) is 19.4. The fourth-order valence-corrected chi connectivity index (χ4v) is 5.61. The van der Waals surface area contributed by atoms with Crippen LogP contribution in [0.25, 0.3) is 0 Å². The first-order valence-corrected chi connectivity index (χ1v) is 17.4. The van der Waals surface area contributed by atoms with Gasteiger partial charge in [-0.2, -0.15) is 0 Å². The molecule has 0 aromatic heterocycles. The number of rotatable bonds is 28. The second-order valence-electron chi connectivity index (χ2n) is 13.0. The van der Waals surface area contributed by atoms with Crippen LogP contribution in [0.3, 0.4) is 0 Å². The number of unbranched alkanes of at least 4 members (excludes halogenated alkanes) is 13. The van der Waals surface area contributed by atoms with Crippen molar-refractivity contribution in [2.24, 2.45) is 11.8 Å². The summed E-state index contributed by atoms with van der Waals surface area (Å²) >= 11 is 0. The van der Waals surface area contributed by atoms with Crippen LogP contribution in [0.1, 0.15) is 168 Å². The first-order valence-electron chi connectivity index (χ1n) is 17.4. The quantitative estimate of drug-likeness (QED) is 0.0698. The van der Waals surface area contributed by atoms with Crippen LogP contribution < -0.4 is 0 Å². The molecule has 0 spiro atoms. The lowest BCUT2D eigenvalue weighted by Gasteiger charge is -2.18. The Hall–Kier alpha value is -1.10. The molecule has 1 rings (SSSR count). The number of carbonyl (C=O) groups excluding carboxylic acids is 2. The molecule has 1 fully saturated rings. The molecular formula is C35H67NO4. The van der Waals surface area contributed by atoms with E-state index in [2.05, 4.69) is 18.7 Å². The summed E-state index contributed by atoms with van der Waals surface area (Å²) in [6.45, 7) is 7.45. The molecule has 1 aliphatic carbocycles. The van der Waals surface area contributed by atoms with Crippen molar-refractivity contribution in [3.63, 3.8) is 0 Å². The van der Waals surface area contributed by atoms with Gasteiger partial charge in [0, 0.05) is 6.42 Å². The van der Waals surface area contributed by atoms with E-state index in [1.165, 1.54) is 83.5 Å². The van der Waals surface area contributed by atoms with E-state index in [1.54, 1.807) is 0 Å². The van der Waals surface area contributed by atoms with Gasteiger partial charge >= 0.3 is 11.9 Å². The summed E-state index contributed by atoms with van der Waals surface area (Å²) in [6, 6.07) is 0. The zero-order valence-electron chi connectivity index (χ0n) is 27.4. The fraction of sp³-hybridized carbons (Fsp3) is 0.943. The molecule has 0 aromatic carbocycles. The summed E-state index contributed by atoms with van der Waals surface area (Å²) < 4.78 is 11.7. The topological polar surface area (TPSA) is 55.8 Å². The molecule has 5 nitrogen and oxygen atoms in total. The van der Waals surface area contributed by atoms with Crippen LogP contribution >= 0.6 is 0 Å². The minimum absolute atomic E-state index is 0.0135. The molecular weight excluding hydrogens is 498 g/mol. The van der Waals surface area contributed by atoms with Gasteiger partial charge in [0.1, 0.15) is 12.2 Å². The summed E-state index contributed by atoms with van der Waals surface area (Å²) in [7, 11) is 4.08. The summed E-state index contributed by atoms with van der Waals surface area (Å²) in [5.74, 6) is 0.630.